The number of rotatable bonds is 4. The zero-order chi connectivity index (χ0) is 9.19. The minimum absolute atomic E-state index is 0.358. The molecule has 0 heterocycles. The van der Waals surface area contributed by atoms with Gasteiger partial charge in [0.1, 0.15) is 0 Å². The van der Waals surface area contributed by atoms with Gasteiger partial charge in [0.15, 0.2) is 0 Å². The Labute approximate surface area is 76.1 Å². The van der Waals surface area contributed by atoms with Crippen LogP contribution in [0.2, 0.25) is 0 Å². The largest absolute Gasteiger partial charge is 0.315 e. The first-order valence-corrected chi connectivity index (χ1v) is 4.94. The SMILES string of the molecule is CNC(CNC1CC1)C(C)(C)C. The summed E-state index contributed by atoms with van der Waals surface area (Å²) in [6.07, 6.45) is 2.75. The predicted molar refractivity (Wildman–Crippen MR) is 53.3 cm³/mol. The van der Waals surface area contributed by atoms with E-state index in [0.717, 1.165) is 12.6 Å². The summed E-state index contributed by atoms with van der Waals surface area (Å²) in [5, 5.41) is 6.91. The molecule has 1 unspecified atom stereocenters. The van der Waals surface area contributed by atoms with Gasteiger partial charge in [0.05, 0.1) is 0 Å². The van der Waals surface area contributed by atoms with Crippen molar-refractivity contribution in [1.29, 1.82) is 0 Å². The second-order valence-electron chi connectivity index (χ2n) is 4.89. The summed E-state index contributed by atoms with van der Waals surface area (Å²) in [6.45, 7) is 7.94. The number of hydrogen-bond acceptors (Lipinski definition) is 2. The number of likely N-dealkylation sites (N-methyl/N-ethyl adjacent to an activating group) is 1. The maximum Gasteiger partial charge on any atom is 0.0238 e. The van der Waals surface area contributed by atoms with Crippen LogP contribution in [0.15, 0.2) is 0 Å². The molecule has 0 aromatic heterocycles. The molecule has 1 aliphatic carbocycles. The Morgan fingerprint density at radius 3 is 2.25 bits per heavy atom. The standard InChI is InChI=1S/C10H22N2/c1-10(2,3)9(11-4)7-12-8-5-6-8/h8-9,11-12H,5-7H2,1-4H3. The minimum atomic E-state index is 0.358. The average Bonchev–Trinajstić information content (AvgIpc) is 2.69. The van der Waals surface area contributed by atoms with Gasteiger partial charge in [-0.3, -0.25) is 0 Å². The normalized spacial score (nSPS) is 21.0. The molecule has 1 fully saturated rings. The second-order valence-corrected chi connectivity index (χ2v) is 4.89. The van der Waals surface area contributed by atoms with Gasteiger partial charge in [-0.2, -0.15) is 0 Å². The van der Waals surface area contributed by atoms with E-state index in [4.69, 9.17) is 0 Å². The van der Waals surface area contributed by atoms with Crippen LogP contribution in [0, 0.1) is 5.41 Å². The highest BCUT2D eigenvalue weighted by molar-refractivity contribution is 4.87. The van der Waals surface area contributed by atoms with E-state index < -0.39 is 0 Å². The topological polar surface area (TPSA) is 24.1 Å². The lowest BCUT2D eigenvalue weighted by Crippen LogP contribution is -2.46. The molecule has 0 saturated heterocycles. The molecule has 1 aliphatic rings. The fraction of sp³-hybridized carbons (Fsp3) is 1.00. The molecule has 0 bridgehead atoms. The van der Waals surface area contributed by atoms with Gasteiger partial charge in [-0.1, -0.05) is 20.8 Å². The molecule has 0 aromatic rings. The average molecular weight is 170 g/mol. The Morgan fingerprint density at radius 1 is 1.33 bits per heavy atom. The van der Waals surface area contributed by atoms with E-state index in [1.165, 1.54) is 12.8 Å². The van der Waals surface area contributed by atoms with Crippen LogP contribution in [0.1, 0.15) is 33.6 Å². The third-order valence-electron chi connectivity index (χ3n) is 2.58. The van der Waals surface area contributed by atoms with Gasteiger partial charge in [0, 0.05) is 18.6 Å². The molecular weight excluding hydrogens is 148 g/mol. The van der Waals surface area contributed by atoms with E-state index in [9.17, 15) is 0 Å². The van der Waals surface area contributed by atoms with Crippen molar-refractivity contribution < 1.29 is 0 Å². The van der Waals surface area contributed by atoms with Crippen molar-refractivity contribution in [3.63, 3.8) is 0 Å². The van der Waals surface area contributed by atoms with Crippen LogP contribution in [-0.2, 0) is 0 Å². The minimum Gasteiger partial charge on any atom is -0.315 e. The van der Waals surface area contributed by atoms with Gasteiger partial charge in [-0.05, 0) is 25.3 Å². The second kappa shape index (κ2) is 3.75. The van der Waals surface area contributed by atoms with Crippen LogP contribution in [0.3, 0.4) is 0 Å². The molecule has 0 aromatic carbocycles. The number of nitrogens with one attached hydrogen (secondary N) is 2. The van der Waals surface area contributed by atoms with Gasteiger partial charge in [0.2, 0.25) is 0 Å². The smallest absolute Gasteiger partial charge is 0.0238 e. The summed E-state index contributed by atoms with van der Waals surface area (Å²) in [5.74, 6) is 0. The molecule has 2 heteroatoms. The van der Waals surface area contributed by atoms with Crippen LogP contribution < -0.4 is 10.6 Å². The van der Waals surface area contributed by atoms with E-state index >= 15 is 0 Å². The highest BCUT2D eigenvalue weighted by Gasteiger charge is 2.26. The third kappa shape index (κ3) is 3.11. The molecule has 0 aliphatic heterocycles. The Kier molecular flexibility index (Phi) is 3.13. The molecule has 1 saturated carbocycles. The molecule has 0 spiro atoms. The van der Waals surface area contributed by atoms with Crippen molar-refractivity contribution in [2.24, 2.45) is 5.41 Å². The monoisotopic (exact) mass is 170 g/mol. The van der Waals surface area contributed by atoms with Crippen LogP contribution in [0.4, 0.5) is 0 Å². The Balaban J connectivity index is 2.23. The lowest BCUT2D eigenvalue weighted by atomic mass is 9.87. The van der Waals surface area contributed by atoms with Crippen molar-refractivity contribution in [1.82, 2.24) is 10.6 Å². The van der Waals surface area contributed by atoms with Gasteiger partial charge < -0.3 is 10.6 Å². The van der Waals surface area contributed by atoms with Gasteiger partial charge >= 0.3 is 0 Å². The molecule has 0 radical (unpaired) electrons. The van der Waals surface area contributed by atoms with Crippen LogP contribution in [-0.4, -0.2) is 25.7 Å². The Bertz CT molecular complexity index is 133. The first-order valence-electron chi connectivity index (χ1n) is 4.94. The molecule has 12 heavy (non-hydrogen) atoms. The highest BCUT2D eigenvalue weighted by Crippen LogP contribution is 2.21. The van der Waals surface area contributed by atoms with E-state index in [1.807, 2.05) is 7.05 Å². The lowest BCUT2D eigenvalue weighted by Gasteiger charge is -2.30. The highest BCUT2D eigenvalue weighted by atomic mass is 15.0. The molecule has 1 atom stereocenters. The first kappa shape index (κ1) is 10.0. The van der Waals surface area contributed by atoms with Crippen molar-refractivity contribution >= 4 is 0 Å². The summed E-state index contributed by atoms with van der Waals surface area (Å²) in [7, 11) is 2.05. The maximum absolute atomic E-state index is 3.55. The van der Waals surface area contributed by atoms with Gasteiger partial charge in [0.25, 0.3) is 0 Å². The van der Waals surface area contributed by atoms with Crippen molar-refractivity contribution in [2.45, 2.75) is 45.7 Å². The van der Waals surface area contributed by atoms with Crippen LogP contribution >= 0.6 is 0 Å². The lowest BCUT2D eigenvalue weighted by molar-refractivity contribution is 0.272. The van der Waals surface area contributed by atoms with E-state index in [2.05, 4.69) is 31.4 Å². The van der Waals surface area contributed by atoms with E-state index in [0.29, 0.717) is 11.5 Å². The molecule has 0 amide bonds. The van der Waals surface area contributed by atoms with Crippen molar-refractivity contribution in [3.05, 3.63) is 0 Å². The maximum atomic E-state index is 3.55. The zero-order valence-electron chi connectivity index (χ0n) is 8.78. The zero-order valence-corrected chi connectivity index (χ0v) is 8.78. The first-order chi connectivity index (χ1) is 5.54. The fourth-order valence-corrected chi connectivity index (χ4v) is 1.41. The summed E-state index contributed by atoms with van der Waals surface area (Å²) in [5.41, 5.74) is 0.358. The molecular formula is C10H22N2. The summed E-state index contributed by atoms with van der Waals surface area (Å²) in [4.78, 5) is 0. The molecule has 2 nitrogen and oxygen atoms in total. The van der Waals surface area contributed by atoms with Gasteiger partial charge in [-0.15, -0.1) is 0 Å². The molecule has 72 valence electrons. The third-order valence-corrected chi connectivity index (χ3v) is 2.58. The summed E-state index contributed by atoms with van der Waals surface area (Å²) in [6, 6.07) is 1.40. The quantitative estimate of drug-likeness (QED) is 0.666. The Hall–Kier alpha value is -0.0800. The van der Waals surface area contributed by atoms with Crippen LogP contribution in [0.5, 0.6) is 0 Å². The van der Waals surface area contributed by atoms with Gasteiger partial charge in [-0.25, -0.2) is 0 Å². The van der Waals surface area contributed by atoms with E-state index in [-0.39, 0.29) is 0 Å². The Morgan fingerprint density at radius 2 is 1.92 bits per heavy atom. The molecule has 1 rings (SSSR count). The van der Waals surface area contributed by atoms with Crippen LogP contribution in [0.25, 0.3) is 0 Å². The summed E-state index contributed by atoms with van der Waals surface area (Å²) >= 11 is 0. The molecule has 2 N–H and O–H groups in total. The number of hydrogen-bond donors (Lipinski definition) is 2. The summed E-state index contributed by atoms with van der Waals surface area (Å²) < 4.78 is 0. The van der Waals surface area contributed by atoms with Crippen molar-refractivity contribution in [2.75, 3.05) is 13.6 Å². The predicted octanol–water partition coefficient (Wildman–Crippen LogP) is 1.37. The fourth-order valence-electron chi connectivity index (χ4n) is 1.41. The van der Waals surface area contributed by atoms with E-state index in [1.54, 1.807) is 0 Å². The van der Waals surface area contributed by atoms with Crippen molar-refractivity contribution in [3.8, 4) is 0 Å².